The highest BCUT2D eigenvalue weighted by molar-refractivity contribution is 6.03. The first-order chi connectivity index (χ1) is 35.5. The van der Waals surface area contributed by atoms with Gasteiger partial charge < -0.3 is 25.0 Å². The lowest BCUT2D eigenvalue weighted by Gasteiger charge is -2.35. The third-order valence-electron chi connectivity index (χ3n) is 14.9. The quantitative estimate of drug-likeness (QED) is 0.0341. The van der Waals surface area contributed by atoms with Crippen LogP contribution in [0.5, 0.6) is 0 Å². The minimum atomic E-state index is -0.535. The molecule has 0 saturated carbocycles. The highest BCUT2D eigenvalue weighted by Crippen LogP contribution is 2.30. The van der Waals surface area contributed by atoms with Crippen molar-refractivity contribution < 1.29 is 47.8 Å². The molecule has 3 rings (SSSR count). The lowest BCUT2D eigenvalue weighted by Crippen LogP contribution is -2.54. The van der Waals surface area contributed by atoms with Crippen LogP contribution < -0.4 is 21.5 Å². The summed E-state index contributed by atoms with van der Waals surface area (Å²) in [6.45, 7) is 27.6. The van der Waals surface area contributed by atoms with Gasteiger partial charge >= 0.3 is 0 Å². The van der Waals surface area contributed by atoms with Crippen LogP contribution in [-0.2, 0) is 54.3 Å². The highest BCUT2D eigenvalue weighted by atomic mass is 16.5. The Kier molecular flexibility index (Phi) is 33.1. The van der Waals surface area contributed by atoms with Crippen LogP contribution in [0.1, 0.15) is 166 Å². The van der Waals surface area contributed by atoms with Crippen molar-refractivity contribution in [3.05, 3.63) is 35.9 Å². The molecule has 2 saturated heterocycles. The van der Waals surface area contributed by atoms with Gasteiger partial charge in [-0.05, 0) is 94.2 Å². The first-order valence-corrected chi connectivity index (χ1v) is 28.1. The van der Waals surface area contributed by atoms with E-state index < -0.39 is 12.1 Å². The van der Waals surface area contributed by atoms with Gasteiger partial charge in [0.15, 0.2) is 5.78 Å². The number of hydrogen-bond donors (Lipinski definition) is 4. The summed E-state index contributed by atoms with van der Waals surface area (Å²) in [5, 5.41) is 5.92. The fourth-order valence-corrected chi connectivity index (χ4v) is 10.0. The van der Waals surface area contributed by atoms with E-state index in [-0.39, 0.29) is 114 Å². The van der Waals surface area contributed by atoms with Crippen molar-refractivity contribution >= 4 is 47.1 Å². The van der Waals surface area contributed by atoms with Crippen molar-refractivity contribution in [3.8, 4) is 0 Å². The molecule has 428 valence electrons. The van der Waals surface area contributed by atoms with Crippen molar-refractivity contribution in [2.45, 2.75) is 197 Å². The van der Waals surface area contributed by atoms with Crippen LogP contribution in [0.25, 0.3) is 0 Å². The molecule has 17 nitrogen and oxygen atoms in total. The molecule has 2 fully saturated rings. The summed E-state index contributed by atoms with van der Waals surface area (Å²) in [4.78, 5) is 105. The normalized spacial score (nSPS) is 18.3. The molecule has 2 aliphatic rings. The number of Topliss-reactive ketones (excluding diaryl/α,β-unsaturated/α-hetero) is 1. The number of nitrogens with one attached hydrogen (secondary N) is 4. The summed E-state index contributed by atoms with van der Waals surface area (Å²) >= 11 is 0. The number of methoxy groups -OCH3 is 2. The zero-order chi connectivity index (χ0) is 56.9. The number of amides is 7. The average molecular weight is 1060 g/mol. The van der Waals surface area contributed by atoms with Crippen LogP contribution in [0.15, 0.2) is 30.3 Å². The largest absolute Gasteiger partial charge is 0.381 e. The van der Waals surface area contributed by atoms with Gasteiger partial charge in [0, 0.05) is 59.0 Å². The van der Waals surface area contributed by atoms with Crippen molar-refractivity contribution in [1.82, 2.24) is 36.2 Å². The van der Waals surface area contributed by atoms with E-state index in [0.29, 0.717) is 70.1 Å². The maximum Gasteiger partial charge on any atom is 0.238 e. The molecule has 4 N–H and O–H groups in total. The molecule has 7 amide bonds. The first kappa shape index (κ1) is 68.3. The number of carbonyl (C=O) groups excluding carboxylic acids is 8. The maximum absolute atomic E-state index is 13.3. The first-order valence-electron chi connectivity index (χ1n) is 28.1. The van der Waals surface area contributed by atoms with Crippen LogP contribution in [0.3, 0.4) is 0 Å². The van der Waals surface area contributed by atoms with Gasteiger partial charge in [0.2, 0.25) is 41.4 Å². The molecular formula is C58H101N7O10. The third kappa shape index (κ3) is 23.2. The molecule has 17 heteroatoms. The van der Waals surface area contributed by atoms with Crippen molar-refractivity contribution in [1.29, 1.82) is 0 Å². The number of benzene rings is 1. The van der Waals surface area contributed by atoms with Gasteiger partial charge in [-0.2, -0.15) is 0 Å². The fraction of sp³-hybridized carbons (Fsp3) is 0.759. The van der Waals surface area contributed by atoms with E-state index in [0.717, 1.165) is 25.7 Å². The van der Waals surface area contributed by atoms with Crippen molar-refractivity contribution in [2.24, 2.45) is 41.4 Å². The molecule has 1 aromatic rings. The Morgan fingerprint density at radius 3 is 1.93 bits per heavy atom. The predicted molar refractivity (Wildman–Crippen MR) is 296 cm³/mol. The van der Waals surface area contributed by atoms with Gasteiger partial charge in [-0.15, -0.1) is 0 Å². The van der Waals surface area contributed by atoms with E-state index in [1.165, 1.54) is 17.4 Å². The molecule has 2 aliphatic heterocycles. The van der Waals surface area contributed by atoms with E-state index in [4.69, 9.17) is 9.47 Å². The van der Waals surface area contributed by atoms with Gasteiger partial charge in [-0.3, -0.25) is 59.0 Å². The van der Waals surface area contributed by atoms with Gasteiger partial charge in [0.25, 0.3) is 0 Å². The second-order valence-electron chi connectivity index (χ2n) is 21.5. The number of ketones is 1. The average Bonchev–Trinajstić information content (AvgIpc) is 3.98. The van der Waals surface area contributed by atoms with Crippen molar-refractivity contribution in [2.75, 3.05) is 47.4 Å². The van der Waals surface area contributed by atoms with Crippen LogP contribution in [0.4, 0.5) is 0 Å². The molecule has 0 aromatic heterocycles. The molecule has 75 heavy (non-hydrogen) atoms. The van der Waals surface area contributed by atoms with E-state index >= 15 is 0 Å². The van der Waals surface area contributed by atoms with E-state index in [9.17, 15) is 38.4 Å². The molecule has 2 heterocycles. The molecule has 9 atom stereocenters. The molecular weight excluding hydrogens is 955 g/mol. The SMILES string of the molecule is CC.CC(=O)[C@@H](NC(=O)C(C(C)C)N(C)CCCC(=O)NNC(=O)CCCCCN1C(=O)CC(C(C)C)C1=O)C(C)C.CCC(C)C(C)C(CC(=O)N1CCCC1C(OC)C(C)C(=O)NCCc1ccccc1)OC. The molecule has 1 aromatic carbocycles. The number of ether oxygens (including phenoxy) is 2. The van der Waals surface area contributed by atoms with E-state index in [1.807, 2.05) is 97.4 Å². The van der Waals surface area contributed by atoms with Gasteiger partial charge in [-0.25, -0.2) is 0 Å². The van der Waals surface area contributed by atoms with Crippen LogP contribution in [-0.4, -0.2) is 140 Å². The maximum atomic E-state index is 13.3. The molecule has 0 radical (unpaired) electrons. The molecule has 0 aliphatic carbocycles. The summed E-state index contributed by atoms with van der Waals surface area (Å²) in [5.74, 6) is -0.715. The summed E-state index contributed by atoms with van der Waals surface area (Å²) in [6.07, 6.45) is 6.63. The van der Waals surface area contributed by atoms with Crippen LogP contribution in [0, 0.1) is 41.4 Å². The molecule has 8 unspecified atom stereocenters. The van der Waals surface area contributed by atoms with Crippen LogP contribution in [0.2, 0.25) is 0 Å². The highest BCUT2D eigenvalue weighted by Gasteiger charge is 2.41. The minimum Gasteiger partial charge on any atom is -0.381 e. The van der Waals surface area contributed by atoms with Gasteiger partial charge in [-0.1, -0.05) is 126 Å². The topological polar surface area (TPSA) is 213 Å². The molecule has 0 bridgehead atoms. The Balaban J connectivity index is 0.000000737. The summed E-state index contributed by atoms with van der Waals surface area (Å²) in [7, 11) is 5.15. The fourth-order valence-electron chi connectivity index (χ4n) is 10.0. The minimum absolute atomic E-state index is 0.00571. The smallest absolute Gasteiger partial charge is 0.238 e. The molecule has 0 spiro atoms. The Labute approximate surface area is 451 Å². The number of hydrazine groups is 1. The Hall–Kier alpha value is -4.74. The lowest BCUT2D eigenvalue weighted by atomic mass is 9.87. The van der Waals surface area contributed by atoms with Gasteiger partial charge in [0.05, 0.1) is 42.7 Å². The summed E-state index contributed by atoms with van der Waals surface area (Å²) in [5.41, 5.74) is 6.04. The van der Waals surface area contributed by atoms with Crippen molar-refractivity contribution in [3.63, 3.8) is 0 Å². The lowest BCUT2D eigenvalue weighted by molar-refractivity contribution is -0.142. The monoisotopic (exact) mass is 1060 g/mol. The second-order valence-corrected chi connectivity index (χ2v) is 21.5. The number of likely N-dealkylation sites (tertiary alicyclic amines) is 2. The number of unbranched alkanes of at least 4 members (excludes halogenated alkanes) is 2. The van der Waals surface area contributed by atoms with E-state index in [2.05, 4.69) is 54.4 Å². The number of hydrogen-bond acceptors (Lipinski definition) is 11. The Morgan fingerprint density at radius 1 is 0.800 bits per heavy atom. The number of nitrogens with zero attached hydrogens (tertiary/aromatic N) is 3. The second kappa shape index (κ2) is 36.3. The van der Waals surface area contributed by atoms with E-state index in [1.54, 1.807) is 14.2 Å². The zero-order valence-electron chi connectivity index (χ0n) is 49.1. The Morgan fingerprint density at radius 2 is 1.41 bits per heavy atom. The summed E-state index contributed by atoms with van der Waals surface area (Å²) in [6, 6.07) is 9.05. The number of likely N-dealkylation sites (N-methyl/N-ethyl adjacent to an activating group) is 1. The summed E-state index contributed by atoms with van der Waals surface area (Å²) < 4.78 is 11.5. The third-order valence-corrected chi connectivity index (χ3v) is 14.9. The van der Waals surface area contributed by atoms with Crippen LogP contribution >= 0.6 is 0 Å². The predicted octanol–water partition coefficient (Wildman–Crippen LogP) is 7.29. The number of carbonyl (C=O) groups is 8. The number of rotatable bonds is 30. The zero-order valence-corrected chi connectivity index (χ0v) is 49.1. The Bertz CT molecular complexity index is 1900. The van der Waals surface area contributed by atoms with Gasteiger partial charge in [0.1, 0.15) is 0 Å². The standard InChI is InChI=1S/C29H51N5O6.C27H44N2O4.C2H6/c1-18(2)22-17-25(38)34(29(22)40)16-11-9-10-13-23(36)31-32-24(37)14-12-15-33(8)27(20(5)6)28(39)30-26(19(3)4)21(7)35;1-7-19(2)20(3)24(32-5)18-25(30)29-17-11-14-23(29)26(33-6)21(4)27(31)28-16-15-22-12-9-8-10-13-22;1-2/h18-20,22,26-27H,9-17H2,1-8H3,(H,30,39)(H,31,36)(H,32,37);8-10,12-13,19-21,23-24,26H,7,11,14-18H2,1-6H3,(H,28,31);1-2H3/t22?,26-,27?;;/m0../s1. The number of imide groups is 1.